The molecule has 2 aromatic rings. The lowest BCUT2D eigenvalue weighted by atomic mass is 10.2. The summed E-state index contributed by atoms with van der Waals surface area (Å²) in [5.41, 5.74) is 1.23. The van der Waals surface area contributed by atoms with Crippen LogP contribution in [0, 0.1) is 0 Å². The zero-order valence-electron chi connectivity index (χ0n) is 8.43. The third-order valence-electron chi connectivity index (χ3n) is 2.08. The molecule has 1 heterocycles. The molecule has 1 N–H and O–H groups in total. The number of benzene rings is 1. The Bertz CT molecular complexity index is 504. The molecule has 1 aromatic heterocycles. The van der Waals surface area contributed by atoms with Crippen LogP contribution >= 0.6 is 0 Å². The summed E-state index contributed by atoms with van der Waals surface area (Å²) in [7, 11) is 1.76. The molecule has 0 atom stereocenters. The number of nitrogens with one attached hydrogen (secondary N) is 1. The molecular weight excluding hydrogens is 221 g/mol. The first-order valence-electron chi connectivity index (χ1n) is 4.62. The van der Waals surface area contributed by atoms with Crippen LogP contribution < -0.4 is 5.32 Å². The maximum absolute atomic E-state index is 12.3. The molecule has 0 fully saturated rings. The Labute approximate surface area is 89.3 Å². The van der Waals surface area contributed by atoms with Gasteiger partial charge in [-0.2, -0.15) is 13.2 Å². The largest absolute Gasteiger partial charge is 0.468 e. The molecule has 6 heteroatoms. The molecule has 86 valence electrons. The topological polar surface area (TPSA) is 38.1 Å². The quantitative estimate of drug-likeness (QED) is 0.861. The average Bonchev–Trinajstić information content (AvgIpc) is 2.60. The number of hydrogen-bond donors (Lipinski definition) is 1. The predicted octanol–water partition coefficient (Wildman–Crippen LogP) is 2.57. The summed E-state index contributed by atoms with van der Waals surface area (Å²) in [6.07, 6.45) is -4.54. The van der Waals surface area contributed by atoms with Crippen molar-refractivity contribution < 1.29 is 17.6 Å². The van der Waals surface area contributed by atoms with Gasteiger partial charge in [-0.25, -0.2) is 4.98 Å². The van der Waals surface area contributed by atoms with Gasteiger partial charge in [0.25, 0.3) is 0 Å². The lowest BCUT2D eigenvalue weighted by Gasteiger charge is -1.97. The number of halogens is 3. The average molecular weight is 230 g/mol. The highest BCUT2D eigenvalue weighted by molar-refractivity contribution is 5.73. The normalized spacial score (nSPS) is 12.2. The molecule has 3 nitrogen and oxygen atoms in total. The summed E-state index contributed by atoms with van der Waals surface area (Å²) in [4.78, 5) is 3.41. The van der Waals surface area contributed by atoms with Gasteiger partial charge < -0.3 is 9.73 Å². The summed E-state index contributed by atoms with van der Waals surface area (Å²) in [5, 5.41) is 2.91. The molecule has 0 aliphatic rings. The minimum Gasteiger partial charge on any atom is -0.433 e. The second-order valence-corrected chi connectivity index (χ2v) is 3.35. The maximum Gasteiger partial charge on any atom is 0.468 e. The zero-order valence-corrected chi connectivity index (χ0v) is 8.43. The molecular formula is C10H9F3N2O. The van der Waals surface area contributed by atoms with E-state index in [-0.39, 0.29) is 11.1 Å². The molecule has 0 saturated heterocycles. The molecule has 16 heavy (non-hydrogen) atoms. The van der Waals surface area contributed by atoms with Crippen LogP contribution in [0.2, 0.25) is 0 Å². The third kappa shape index (κ3) is 2.01. The number of oxazole rings is 1. The van der Waals surface area contributed by atoms with Gasteiger partial charge in [0.05, 0.1) is 0 Å². The van der Waals surface area contributed by atoms with Gasteiger partial charge in [0, 0.05) is 6.54 Å². The molecule has 2 rings (SSSR count). The van der Waals surface area contributed by atoms with Crippen LogP contribution in [0.3, 0.4) is 0 Å². The van der Waals surface area contributed by atoms with Crippen molar-refractivity contribution in [1.82, 2.24) is 10.3 Å². The van der Waals surface area contributed by atoms with E-state index in [1.54, 1.807) is 19.2 Å². The fraction of sp³-hybridized carbons (Fsp3) is 0.300. The fourth-order valence-electron chi connectivity index (χ4n) is 1.41. The van der Waals surface area contributed by atoms with E-state index in [9.17, 15) is 13.2 Å². The minimum atomic E-state index is -4.54. The second-order valence-electron chi connectivity index (χ2n) is 3.35. The zero-order chi connectivity index (χ0) is 11.8. The number of rotatable bonds is 2. The van der Waals surface area contributed by atoms with Crippen molar-refractivity contribution in [3.05, 3.63) is 29.7 Å². The van der Waals surface area contributed by atoms with Crippen molar-refractivity contribution in [2.75, 3.05) is 7.05 Å². The molecule has 0 radical (unpaired) electrons. The van der Waals surface area contributed by atoms with Crippen LogP contribution in [-0.2, 0) is 12.7 Å². The van der Waals surface area contributed by atoms with Crippen LogP contribution in [-0.4, -0.2) is 12.0 Å². The van der Waals surface area contributed by atoms with Crippen molar-refractivity contribution in [2.24, 2.45) is 0 Å². The fourth-order valence-corrected chi connectivity index (χ4v) is 1.41. The monoisotopic (exact) mass is 230 g/mol. The Kier molecular flexibility index (Phi) is 2.59. The van der Waals surface area contributed by atoms with Crippen LogP contribution in [0.4, 0.5) is 13.2 Å². The number of alkyl halides is 3. The van der Waals surface area contributed by atoms with E-state index >= 15 is 0 Å². The van der Waals surface area contributed by atoms with E-state index in [1.807, 2.05) is 0 Å². The van der Waals surface area contributed by atoms with E-state index in [2.05, 4.69) is 14.7 Å². The SMILES string of the molecule is CNCc1ccc2oc(C(F)(F)F)nc2c1. The van der Waals surface area contributed by atoms with Gasteiger partial charge in [-0.15, -0.1) is 0 Å². The maximum atomic E-state index is 12.3. The van der Waals surface area contributed by atoms with Crippen molar-refractivity contribution in [1.29, 1.82) is 0 Å². The molecule has 0 aliphatic carbocycles. The molecule has 0 unspecified atom stereocenters. The molecule has 0 saturated carbocycles. The highest BCUT2D eigenvalue weighted by atomic mass is 19.4. The van der Waals surface area contributed by atoms with Crippen LogP contribution in [0.1, 0.15) is 11.5 Å². The summed E-state index contributed by atoms with van der Waals surface area (Å²) < 4.78 is 41.5. The highest BCUT2D eigenvalue weighted by Gasteiger charge is 2.37. The standard InChI is InChI=1S/C10H9F3N2O/c1-14-5-6-2-3-8-7(4-6)15-9(16-8)10(11,12)13/h2-4,14H,5H2,1H3. The van der Waals surface area contributed by atoms with Crippen LogP contribution in [0.5, 0.6) is 0 Å². The van der Waals surface area contributed by atoms with Crippen LogP contribution in [0.25, 0.3) is 11.1 Å². The Morgan fingerprint density at radius 2 is 2.12 bits per heavy atom. The highest BCUT2D eigenvalue weighted by Crippen LogP contribution is 2.31. The lowest BCUT2D eigenvalue weighted by molar-refractivity contribution is -0.156. The lowest BCUT2D eigenvalue weighted by Crippen LogP contribution is -2.05. The van der Waals surface area contributed by atoms with Crippen molar-refractivity contribution in [2.45, 2.75) is 12.7 Å². The van der Waals surface area contributed by atoms with Crippen molar-refractivity contribution >= 4 is 11.1 Å². The molecule has 0 aliphatic heterocycles. The first-order valence-corrected chi connectivity index (χ1v) is 4.62. The van der Waals surface area contributed by atoms with Gasteiger partial charge in [0.15, 0.2) is 5.58 Å². The Morgan fingerprint density at radius 1 is 1.38 bits per heavy atom. The molecule has 0 bridgehead atoms. The van der Waals surface area contributed by atoms with E-state index in [1.165, 1.54) is 6.07 Å². The molecule has 0 spiro atoms. The van der Waals surface area contributed by atoms with Crippen molar-refractivity contribution in [3.8, 4) is 0 Å². The summed E-state index contributed by atoms with van der Waals surface area (Å²) >= 11 is 0. The van der Waals surface area contributed by atoms with Crippen LogP contribution in [0.15, 0.2) is 22.6 Å². The third-order valence-corrected chi connectivity index (χ3v) is 2.08. The molecule has 0 amide bonds. The van der Waals surface area contributed by atoms with E-state index in [0.29, 0.717) is 6.54 Å². The number of hydrogen-bond acceptors (Lipinski definition) is 3. The smallest absolute Gasteiger partial charge is 0.433 e. The second kappa shape index (κ2) is 3.79. The minimum absolute atomic E-state index is 0.146. The first kappa shape index (κ1) is 10.9. The predicted molar refractivity (Wildman–Crippen MR) is 51.8 cm³/mol. The summed E-state index contributed by atoms with van der Waals surface area (Å²) in [5.74, 6) is -1.20. The number of nitrogens with zero attached hydrogens (tertiary/aromatic N) is 1. The van der Waals surface area contributed by atoms with Gasteiger partial charge >= 0.3 is 12.1 Å². The van der Waals surface area contributed by atoms with Gasteiger partial charge in [0.2, 0.25) is 0 Å². The van der Waals surface area contributed by atoms with Crippen molar-refractivity contribution in [3.63, 3.8) is 0 Å². The van der Waals surface area contributed by atoms with Gasteiger partial charge in [0.1, 0.15) is 5.52 Å². The number of aromatic nitrogens is 1. The van der Waals surface area contributed by atoms with Gasteiger partial charge in [-0.1, -0.05) is 6.07 Å². The van der Waals surface area contributed by atoms with Gasteiger partial charge in [-0.05, 0) is 24.7 Å². The summed E-state index contributed by atoms with van der Waals surface area (Å²) in [6.45, 7) is 0.574. The first-order chi connectivity index (χ1) is 7.50. The Balaban J connectivity index is 2.46. The number of fused-ring (bicyclic) bond motifs is 1. The van der Waals surface area contributed by atoms with E-state index in [0.717, 1.165) is 5.56 Å². The Hall–Kier alpha value is -1.56. The Morgan fingerprint density at radius 3 is 2.75 bits per heavy atom. The summed E-state index contributed by atoms with van der Waals surface area (Å²) in [6, 6.07) is 4.76. The van der Waals surface area contributed by atoms with Gasteiger partial charge in [-0.3, -0.25) is 0 Å². The molecule has 1 aromatic carbocycles. The van der Waals surface area contributed by atoms with E-state index in [4.69, 9.17) is 0 Å². The van der Waals surface area contributed by atoms with E-state index < -0.39 is 12.1 Å².